The van der Waals surface area contributed by atoms with Gasteiger partial charge in [0.25, 0.3) is 0 Å². The molecule has 2 nitrogen and oxygen atoms in total. The predicted molar refractivity (Wildman–Crippen MR) is 59.3 cm³/mol. The summed E-state index contributed by atoms with van der Waals surface area (Å²) in [6.45, 7) is 6.52. The third-order valence-electron chi connectivity index (χ3n) is 3.07. The topological polar surface area (TPSA) is 25.2 Å². The zero-order valence-corrected chi connectivity index (χ0v) is 9.63. The van der Waals surface area contributed by atoms with Gasteiger partial charge in [-0.15, -0.1) is 0 Å². The SMILES string of the molecule is CCC(CC)C(NC)c1ccoc1C. The molecular formula is C12H21NO. The minimum atomic E-state index is 0.434. The van der Waals surface area contributed by atoms with Crippen molar-refractivity contribution in [1.29, 1.82) is 0 Å². The maximum atomic E-state index is 5.35. The normalized spacial score (nSPS) is 13.5. The third-order valence-corrected chi connectivity index (χ3v) is 3.07. The smallest absolute Gasteiger partial charge is 0.105 e. The van der Waals surface area contributed by atoms with Crippen LogP contribution < -0.4 is 5.32 Å². The second kappa shape index (κ2) is 5.20. The average molecular weight is 195 g/mol. The molecule has 1 unspecified atom stereocenters. The van der Waals surface area contributed by atoms with Gasteiger partial charge in [0.15, 0.2) is 0 Å². The maximum absolute atomic E-state index is 5.35. The molecule has 0 saturated carbocycles. The van der Waals surface area contributed by atoms with E-state index in [9.17, 15) is 0 Å². The lowest BCUT2D eigenvalue weighted by Crippen LogP contribution is -2.24. The molecule has 1 heterocycles. The van der Waals surface area contributed by atoms with E-state index in [0.29, 0.717) is 12.0 Å². The monoisotopic (exact) mass is 195 g/mol. The summed E-state index contributed by atoms with van der Waals surface area (Å²) in [7, 11) is 2.02. The molecule has 0 saturated heterocycles. The first kappa shape index (κ1) is 11.3. The van der Waals surface area contributed by atoms with Crippen molar-refractivity contribution in [3.8, 4) is 0 Å². The fraction of sp³-hybridized carbons (Fsp3) is 0.667. The first-order valence-corrected chi connectivity index (χ1v) is 5.45. The minimum Gasteiger partial charge on any atom is -0.469 e. The lowest BCUT2D eigenvalue weighted by Gasteiger charge is -2.24. The van der Waals surface area contributed by atoms with Gasteiger partial charge >= 0.3 is 0 Å². The van der Waals surface area contributed by atoms with Gasteiger partial charge in [0.1, 0.15) is 5.76 Å². The highest BCUT2D eigenvalue weighted by atomic mass is 16.3. The van der Waals surface area contributed by atoms with Crippen molar-refractivity contribution in [2.75, 3.05) is 7.05 Å². The van der Waals surface area contributed by atoms with Crippen molar-refractivity contribution in [3.05, 3.63) is 23.7 Å². The van der Waals surface area contributed by atoms with Crippen LogP contribution >= 0.6 is 0 Å². The number of hydrogen-bond donors (Lipinski definition) is 1. The zero-order chi connectivity index (χ0) is 10.6. The summed E-state index contributed by atoms with van der Waals surface area (Å²) in [6.07, 6.45) is 4.18. The molecule has 0 amide bonds. The van der Waals surface area contributed by atoms with Gasteiger partial charge in [-0.2, -0.15) is 0 Å². The lowest BCUT2D eigenvalue weighted by molar-refractivity contribution is 0.354. The fourth-order valence-corrected chi connectivity index (χ4v) is 2.12. The van der Waals surface area contributed by atoms with Crippen molar-refractivity contribution in [2.45, 2.75) is 39.7 Å². The Labute approximate surface area is 86.7 Å². The van der Waals surface area contributed by atoms with Crippen LogP contribution in [0.4, 0.5) is 0 Å². The molecule has 0 bridgehead atoms. The first-order chi connectivity index (χ1) is 6.74. The van der Waals surface area contributed by atoms with Gasteiger partial charge in [-0.05, 0) is 26.0 Å². The number of furan rings is 1. The van der Waals surface area contributed by atoms with E-state index >= 15 is 0 Å². The molecule has 0 aliphatic rings. The third kappa shape index (κ3) is 2.18. The van der Waals surface area contributed by atoms with E-state index in [2.05, 4.69) is 25.2 Å². The van der Waals surface area contributed by atoms with Crippen molar-refractivity contribution >= 4 is 0 Å². The molecule has 1 rings (SSSR count). The molecule has 1 aromatic rings. The van der Waals surface area contributed by atoms with Gasteiger partial charge < -0.3 is 9.73 Å². The second-order valence-corrected chi connectivity index (χ2v) is 3.78. The predicted octanol–water partition coefficient (Wildman–Crippen LogP) is 3.28. The Balaban J connectivity index is 2.86. The summed E-state index contributed by atoms with van der Waals surface area (Å²) in [5, 5.41) is 3.39. The Morgan fingerprint density at radius 1 is 1.36 bits per heavy atom. The van der Waals surface area contributed by atoms with Gasteiger partial charge in [-0.25, -0.2) is 0 Å². The van der Waals surface area contributed by atoms with E-state index in [1.165, 1.54) is 18.4 Å². The Hall–Kier alpha value is -0.760. The summed E-state index contributed by atoms with van der Waals surface area (Å²) < 4.78 is 5.35. The van der Waals surface area contributed by atoms with E-state index in [4.69, 9.17) is 4.42 Å². The fourth-order valence-electron chi connectivity index (χ4n) is 2.12. The van der Waals surface area contributed by atoms with Gasteiger partial charge in [-0.3, -0.25) is 0 Å². The molecular weight excluding hydrogens is 174 g/mol. The van der Waals surface area contributed by atoms with E-state index in [-0.39, 0.29) is 0 Å². The van der Waals surface area contributed by atoms with Gasteiger partial charge in [0.2, 0.25) is 0 Å². The quantitative estimate of drug-likeness (QED) is 0.780. The van der Waals surface area contributed by atoms with Crippen LogP contribution in [0.15, 0.2) is 16.7 Å². The second-order valence-electron chi connectivity index (χ2n) is 3.78. The van der Waals surface area contributed by atoms with Crippen molar-refractivity contribution in [2.24, 2.45) is 5.92 Å². The maximum Gasteiger partial charge on any atom is 0.105 e. The van der Waals surface area contributed by atoms with Crippen LogP contribution in [0.2, 0.25) is 0 Å². The number of hydrogen-bond acceptors (Lipinski definition) is 2. The standard InChI is InChI=1S/C12H21NO/c1-5-10(6-2)12(13-4)11-7-8-14-9(11)3/h7-8,10,12-13H,5-6H2,1-4H3. The summed E-state index contributed by atoms with van der Waals surface area (Å²) in [6, 6.07) is 2.51. The number of rotatable bonds is 5. The molecule has 14 heavy (non-hydrogen) atoms. The van der Waals surface area contributed by atoms with Crippen LogP contribution in [0.3, 0.4) is 0 Å². The van der Waals surface area contributed by atoms with Crippen molar-refractivity contribution < 1.29 is 4.42 Å². The van der Waals surface area contributed by atoms with Crippen LogP contribution in [-0.4, -0.2) is 7.05 Å². The molecule has 80 valence electrons. The highest BCUT2D eigenvalue weighted by Gasteiger charge is 2.21. The molecule has 2 heteroatoms. The van der Waals surface area contributed by atoms with Crippen LogP contribution in [0.5, 0.6) is 0 Å². The summed E-state index contributed by atoms with van der Waals surface area (Å²) >= 11 is 0. The molecule has 1 aromatic heterocycles. The Morgan fingerprint density at radius 3 is 2.36 bits per heavy atom. The molecule has 0 aliphatic carbocycles. The minimum absolute atomic E-state index is 0.434. The van der Waals surface area contributed by atoms with E-state index in [1.54, 1.807) is 6.26 Å². The molecule has 0 fully saturated rings. The van der Waals surface area contributed by atoms with Crippen LogP contribution in [0.1, 0.15) is 44.1 Å². The highest BCUT2D eigenvalue weighted by molar-refractivity contribution is 5.20. The van der Waals surface area contributed by atoms with E-state index in [1.807, 2.05) is 14.0 Å². The largest absolute Gasteiger partial charge is 0.469 e. The van der Waals surface area contributed by atoms with Crippen LogP contribution in [0, 0.1) is 12.8 Å². The highest BCUT2D eigenvalue weighted by Crippen LogP contribution is 2.29. The molecule has 0 aromatic carbocycles. The first-order valence-electron chi connectivity index (χ1n) is 5.45. The van der Waals surface area contributed by atoms with Crippen molar-refractivity contribution in [1.82, 2.24) is 5.32 Å². The Kier molecular flexibility index (Phi) is 4.21. The van der Waals surface area contributed by atoms with Crippen molar-refractivity contribution in [3.63, 3.8) is 0 Å². The summed E-state index contributed by atoms with van der Waals surface area (Å²) in [4.78, 5) is 0. The van der Waals surface area contributed by atoms with Gasteiger partial charge in [-0.1, -0.05) is 26.7 Å². The Bertz CT molecular complexity index is 263. The Morgan fingerprint density at radius 2 is 2.00 bits per heavy atom. The van der Waals surface area contributed by atoms with E-state index in [0.717, 1.165) is 5.76 Å². The average Bonchev–Trinajstić information content (AvgIpc) is 2.61. The van der Waals surface area contributed by atoms with E-state index < -0.39 is 0 Å². The molecule has 0 spiro atoms. The summed E-state index contributed by atoms with van der Waals surface area (Å²) in [5.41, 5.74) is 1.31. The lowest BCUT2D eigenvalue weighted by atomic mass is 9.89. The van der Waals surface area contributed by atoms with Gasteiger partial charge in [0.05, 0.1) is 6.26 Å². The zero-order valence-electron chi connectivity index (χ0n) is 9.63. The molecule has 0 radical (unpaired) electrons. The molecule has 0 aliphatic heterocycles. The van der Waals surface area contributed by atoms with Gasteiger partial charge in [0, 0.05) is 11.6 Å². The molecule has 1 atom stereocenters. The van der Waals surface area contributed by atoms with Crippen LogP contribution in [-0.2, 0) is 0 Å². The number of aryl methyl sites for hydroxylation is 1. The van der Waals surface area contributed by atoms with Crippen LogP contribution in [0.25, 0.3) is 0 Å². The summed E-state index contributed by atoms with van der Waals surface area (Å²) in [5.74, 6) is 1.73. The number of nitrogens with one attached hydrogen (secondary N) is 1. The molecule has 1 N–H and O–H groups in total.